The Bertz CT molecular complexity index is 904. The van der Waals surface area contributed by atoms with E-state index in [1.807, 2.05) is 24.3 Å². The Labute approximate surface area is 195 Å². The standard InChI is InChI=1S/C22H28F3N5O2S/c1-13(2)30-33-19-6-4-17(5-7-19)29-20-26-11-16(12-27-20)15-8-18(9-15)32-21(31)28-14(3)10-22(23,24)25/h4-7,11-15,18,30H,8-10H2,1-3H3,(H,28,31)(H,26,27,29). The number of hydrogen-bond donors (Lipinski definition) is 3. The topological polar surface area (TPSA) is 88.2 Å². The first-order chi connectivity index (χ1) is 15.6. The fraction of sp³-hybridized carbons (Fsp3) is 0.500. The molecule has 1 fully saturated rings. The number of carbonyl (C=O) groups is 1. The Morgan fingerprint density at radius 3 is 2.36 bits per heavy atom. The predicted molar refractivity (Wildman–Crippen MR) is 121 cm³/mol. The molecule has 1 amide bonds. The normalized spacial score (nSPS) is 19.0. The zero-order chi connectivity index (χ0) is 24.0. The van der Waals surface area contributed by atoms with E-state index in [-0.39, 0.29) is 12.0 Å². The number of alkyl carbamates (subject to hydrolysis) is 1. The third-order valence-electron chi connectivity index (χ3n) is 4.94. The van der Waals surface area contributed by atoms with Gasteiger partial charge in [-0.1, -0.05) is 0 Å². The van der Waals surface area contributed by atoms with Crippen molar-refractivity contribution in [1.82, 2.24) is 20.0 Å². The Kier molecular flexibility index (Phi) is 8.41. The van der Waals surface area contributed by atoms with Crippen LogP contribution in [0.2, 0.25) is 0 Å². The predicted octanol–water partition coefficient (Wildman–Crippen LogP) is 5.54. The van der Waals surface area contributed by atoms with Gasteiger partial charge < -0.3 is 15.4 Å². The van der Waals surface area contributed by atoms with Crippen LogP contribution < -0.4 is 15.4 Å². The Morgan fingerprint density at radius 1 is 1.15 bits per heavy atom. The van der Waals surface area contributed by atoms with Crippen LogP contribution in [0.3, 0.4) is 0 Å². The summed E-state index contributed by atoms with van der Waals surface area (Å²) >= 11 is 1.58. The molecule has 1 aromatic heterocycles. The monoisotopic (exact) mass is 483 g/mol. The molecule has 3 N–H and O–H groups in total. The average Bonchev–Trinajstić information content (AvgIpc) is 2.69. The summed E-state index contributed by atoms with van der Waals surface area (Å²) in [6.07, 6.45) is -1.94. The molecule has 180 valence electrons. The molecule has 2 aromatic rings. The third-order valence-corrected chi connectivity index (χ3v) is 6.03. The maximum Gasteiger partial charge on any atom is 0.407 e. The molecule has 1 heterocycles. The molecule has 3 rings (SSSR count). The van der Waals surface area contributed by atoms with Gasteiger partial charge in [-0.15, -0.1) is 0 Å². The van der Waals surface area contributed by atoms with Crippen LogP contribution in [0.15, 0.2) is 41.6 Å². The zero-order valence-electron chi connectivity index (χ0n) is 18.6. The van der Waals surface area contributed by atoms with Crippen LogP contribution in [-0.4, -0.2) is 40.4 Å². The molecule has 0 aliphatic heterocycles. The van der Waals surface area contributed by atoms with Crippen molar-refractivity contribution in [2.45, 2.75) is 75.2 Å². The summed E-state index contributed by atoms with van der Waals surface area (Å²) in [6.45, 7) is 5.46. The van der Waals surface area contributed by atoms with Crippen LogP contribution >= 0.6 is 11.9 Å². The van der Waals surface area contributed by atoms with Crippen molar-refractivity contribution in [3.8, 4) is 0 Å². The van der Waals surface area contributed by atoms with Gasteiger partial charge in [0.2, 0.25) is 5.95 Å². The number of alkyl halides is 3. The molecule has 7 nitrogen and oxygen atoms in total. The van der Waals surface area contributed by atoms with Gasteiger partial charge in [-0.25, -0.2) is 14.8 Å². The minimum absolute atomic E-state index is 0.147. The molecule has 1 unspecified atom stereocenters. The maximum absolute atomic E-state index is 12.3. The lowest BCUT2D eigenvalue weighted by atomic mass is 9.78. The van der Waals surface area contributed by atoms with Crippen molar-refractivity contribution in [2.24, 2.45) is 0 Å². The molecule has 1 aliphatic rings. The number of hydrogen-bond acceptors (Lipinski definition) is 7. The van der Waals surface area contributed by atoms with Crippen LogP contribution in [0.25, 0.3) is 0 Å². The first kappa shape index (κ1) is 25.1. The van der Waals surface area contributed by atoms with Gasteiger partial charge in [-0.2, -0.15) is 13.2 Å². The van der Waals surface area contributed by atoms with Gasteiger partial charge >= 0.3 is 12.3 Å². The van der Waals surface area contributed by atoms with Gasteiger partial charge in [-0.3, -0.25) is 4.72 Å². The Balaban J connectivity index is 1.41. The largest absolute Gasteiger partial charge is 0.446 e. The third kappa shape index (κ3) is 8.39. The number of anilines is 2. The van der Waals surface area contributed by atoms with Crippen molar-refractivity contribution < 1.29 is 22.7 Å². The molecular weight excluding hydrogens is 455 g/mol. The van der Waals surface area contributed by atoms with Crippen LogP contribution in [0.1, 0.15) is 51.5 Å². The molecule has 1 aromatic carbocycles. The van der Waals surface area contributed by atoms with Crippen LogP contribution in [0.5, 0.6) is 0 Å². The summed E-state index contributed by atoms with van der Waals surface area (Å²) in [5.74, 6) is 0.624. The van der Waals surface area contributed by atoms with E-state index in [0.717, 1.165) is 16.1 Å². The first-order valence-electron chi connectivity index (χ1n) is 10.7. The average molecular weight is 484 g/mol. The van der Waals surface area contributed by atoms with Crippen molar-refractivity contribution in [1.29, 1.82) is 0 Å². The number of carbonyl (C=O) groups excluding carboxylic acids is 1. The van der Waals surface area contributed by atoms with Crippen LogP contribution in [0, 0.1) is 0 Å². The summed E-state index contributed by atoms with van der Waals surface area (Å²) in [5, 5.41) is 5.37. The SMILES string of the molecule is CC(C)NSc1ccc(Nc2ncc(C3CC(OC(=O)NC(C)CC(F)(F)F)C3)cn2)cc1. The van der Waals surface area contributed by atoms with E-state index < -0.39 is 24.7 Å². The number of nitrogens with zero attached hydrogens (tertiary/aromatic N) is 2. The minimum Gasteiger partial charge on any atom is -0.446 e. The molecular formula is C22H28F3N5O2S. The Hall–Kier alpha value is -2.53. The van der Waals surface area contributed by atoms with Crippen molar-refractivity contribution in [3.05, 3.63) is 42.2 Å². The quantitative estimate of drug-likeness (QED) is 0.404. The smallest absolute Gasteiger partial charge is 0.407 e. The second-order valence-corrected chi connectivity index (χ2v) is 9.34. The lowest BCUT2D eigenvalue weighted by molar-refractivity contribution is -0.138. The fourth-order valence-corrected chi connectivity index (χ4v) is 3.90. The molecule has 0 radical (unpaired) electrons. The second kappa shape index (κ2) is 11.1. The summed E-state index contributed by atoms with van der Waals surface area (Å²) in [4.78, 5) is 21.6. The van der Waals surface area contributed by atoms with Crippen LogP contribution in [0.4, 0.5) is 29.6 Å². The number of nitrogens with one attached hydrogen (secondary N) is 3. The van der Waals surface area contributed by atoms with Crippen molar-refractivity contribution >= 4 is 29.7 Å². The lowest BCUT2D eigenvalue weighted by Gasteiger charge is -2.34. The molecule has 0 bridgehead atoms. The number of rotatable bonds is 9. The van der Waals surface area contributed by atoms with Gasteiger partial charge in [-0.05, 0) is 81.3 Å². The van der Waals surface area contributed by atoms with E-state index in [9.17, 15) is 18.0 Å². The van der Waals surface area contributed by atoms with E-state index in [1.165, 1.54) is 6.92 Å². The summed E-state index contributed by atoms with van der Waals surface area (Å²) in [7, 11) is 0. The number of aromatic nitrogens is 2. The fourth-order valence-electron chi connectivity index (χ4n) is 3.25. The molecule has 0 saturated heterocycles. The molecule has 33 heavy (non-hydrogen) atoms. The second-order valence-electron chi connectivity index (χ2n) is 8.42. The van der Waals surface area contributed by atoms with Gasteiger partial charge in [0.25, 0.3) is 0 Å². The van der Waals surface area contributed by atoms with E-state index in [2.05, 4.69) is 39.2 Å². The molecule has 0 spiro atoms. The number of halogens is 3. The maximum atomic E-state index is 12.3. The van der Waals surface area contributed by atoms with Crippen molar-refractivity contribution in [3.63, 3.8) is 0 Å². The number of ether oxygens (including phenoxy) is 1. The summed E-state index contributed by atoms with van der Waals surface area (Å²) in [5.41, 5.74) is 1.80. The van der Waals surface area contributed by atoms with E-state index >= 15 is 0 Å². The molecule has 1 atom stereocenters. The highest BCUT2D eigenvalue weighted by Gasteiger charge is 2.35. The molecule has 1 saturated carbocycles. The lowest BCUT2D eigenvalue weighted by Crippen LogP contribution is -2.40. The first-order valence-corrected chi connectivity index (χ1v) is 11.5. The van der Waals surface area contributed by atoms with Gasteiger partial charge in [0, 0.05) is 35.1 Å². The number of benzene rings is 1. The van der Waals surface area contributed by atoms with Crippen molar-refractivity contribution in [2.75, 3.05) is 5.32 Å². The highest BCUT2D eigenvalue weighted by atomic mass is 32.2. The van der Waals surface area contributed by atoms with Gasteiger partial charge in [0.15, 0.2) is 0 Å². The highest BCUT2D eigenvalue weighted by Crippen LogP contribution is 2.38. The van der Waals surface area contributed by atoms with Gasteiger partial charge in [0.1, 0.15) is 6.10 Å². The highest BCUT2D eigenvalue weighted by molar-refractivity contribution is 7.97. The van der Waals surface area contributed by atoms with E-state index in [1.54, 1.807) is 24.3 Å². The Morgan fingerprint density at radius 2 is 1.79 bits per heavy atom. The molecule has 11 heteroatoms. The summed E-state index contributed by atoms with van der Waals surface area (Å²) < 4.78 is 45.5. The van der Waals surface area contributed by atoms with E-state index in [4.69, 9.17) is 4.74 Å². The summed E-state index contributed by atoms with van der Waals surface area (Å²) in [6, 6.07) is 7.28. The van der Waals surface area contributed by atoms with Crippen LogP contribution in [-0.2, 0) is 4.74 Å². The molecule has 1 aliphatic carbocycles. The van der Waals surface area contributed by atoms with Gasteiger partial charge in [0.05, 0.1) is 6.42 Å². The minimum atomic E-state index is -4.33. The number of amides is 1. The zero-order valence-corrected chi connectivity index (χ0v) is 19.5. The van der Waals surface area contributed by atoms with E-state index in [0.29, 0.717) is 24.8 Å².